The van der Waals surface area contributed by atoms with Gasteiger partial charge in [-0.15, -0.1) is 0 Å². The lowest BCUT2D eigenvalue weighted by Gasteiger charge is -2.31. The summed E-state index contributed by atoms with van der Waals surface area (Å²) >= 11 is 0. The number of sulfonamides is 1. The van der Waals surface area contributed by atoms with Gasteiger partial charge in [-0.1, -0.05) is 6.07 Å². The number of hydrogen-bond acceptors (Lipinski definition) is 4. The van der Waals surface area contributed by atoms with Crippen LogP contribution in [0.5, 0.6) is 0 Å². The summed E-state index contributed by atoms with van der Waals surface area (Å²) in [5.74, 6) is -1.37. The Bertz CT molecular complexity index is 1120. The molecule has 1 fully saturated rings. The highest BCUT2D eigenvalue weighted by atomic mass is 32.2. The van der Waals surface area contributed by atoms with Gasteiger partial charge in [0.05, 0.1) is 10.8 Å². The number of nitrogens with one attached hydrogen (secondary N) is 2. The average molecular weight is 446 g/mol. The molecule has 2 aliphatic rings. The van der Waals surface area contributed by atoms with Gasteiger partial charge in [-0.2, -0.15) is 4.31 Å². The van der Waals surface area contributed by atoms with Gasteiger partial charge in [0.1, 0.15) is 5.82 Å². The molecule has 4 rings (SSSR count). The van der Waals surface area contributed by atoms with Crippen LogP contribution in [-0.4, -0.2) is 37.6 Å². The summed E-state index contributed by atoms with van der Waals surface area (Å²) in [5, 5.41) is 5.48. The van der Waals surface area contributed by atoms with E-state index in [1.165, 1.54) is 28.6 Å². The van der Waals surface area contributed by atoms with Crippen LogP contribution >= 0.6 is 0 Å². The van der Waals surface area contributed by atoms with E-state index in [1.54, 1.807) is 18.2 Å². The molecular weight excluding hydrogens is 421 g/mol. The second-order valence-corrected chi connectivity index (χ2v) is 9.86. The van der Waals surface area contributed by atoms with Crippen LogP contribution < -0.4 is 10.6 Å². The molecule has 1 atom stereocenters. The molecule has 0 spiro atoms. The third kappa shape index (κ3) is 4.77. The first-order valence-electron chi connectivity index (χ1n) is 10.3. The molecule has 0 radical (unpaired) electrons. The number of nitrogens with zero attached hydrogens (tertiary/aromatic N) is 1. The maximum atomic E-state index is 13.4. The minimum atomic E-state index is -3.79. The van der Waals surface area contributed by atoms with Crippen molar-refractivity contribution in [3.63, 3.8) is 0 Å². The Kier molecular flexibility index (Phi) is 6.06. The second kappa shape index (κ2) is 8.76. The summed E-state index contributed by atoms with van der Waals surface area (Å²) in [7, 11) is -3.79. The van der Waals surface area contributed by atoms with Crippen molar-refractivity contribution in [2.45, 2.75) is 37.0 Å². The van der Waals surface area contributed by atoms with Crippen molar-refractivity contribution in [2.24, 2.45) is 5.92 Å². The number of aryl methyl sites for hydroxylation is 1. The molecule has 1 unspecified atom stereocenters. The summed E-state index contributed by atoms with van der Waals surface area (Å²) in [4.78, 5) is 24.5. The van der Waals surface area contributed by atoms with Crippen LogP contribution in [0.15, 0.2) is 47.4 Å². The smallest absolute Gasteiger partial charge is 0.243 e. The number of anilines is 2. The number of piperidine rings is 1. The van der Waals surface area contributed by atoms with Gasteiger partial charge in [0.15, 0.2) is 0 Å². The summed E-state index contributed by atoms with van der Waals surface area (Å²) in [6.07, 6.45) is 2.81. The zero-order chi connectivity index (χ0) is 22.0. The minimum Gasteiger partial charge on any atom is -0.326 e. The number of fused-ring (bicyclic) bond motifs is 1. The van der Waals surface area contributed by atoms with Crippen LogP contribution in [0.2, 0.25) is 0 Å². The molecule has 2 aliphatic heterocycles. The third-order valence-corrected chi connectivity index (χ3v) is 7.55. The number of rotatable bonds is 4. The zero-order valence-corrected chi connectivity index (χ0v) is 17.8. The number of benzene rings is 2. The Labute approximate surface area is 180 Å². The molecule has 0 aromatic heterocycles. The molecule has 31 heavy (non-hydrogen) atoms. The third-order valence-electron chi connectivity index (χ3n) is 5.69. The Morgan fingerprint density at radius 2 is 1.97 bits per heavy atom. The van der Waals surface area contributed by atoms with Gasteiger partial charge < -0.3 is 10.6 Å². The number of amides is 2. The highest BCUT2D eigenvalue weighted by Crippen LogP contribution is 2.29. The minimum absolute atomic E-state index is 0.0668. The molecule has 7 nitrogen and oxygen atoms in total. The summed E-state index contributed by atoms with van der Waals surface area (Å²) in [6.45, 7) is 0.400. The maximum absolute atomic E-state index is 13.4. The summed E-state index contributed by atoms with van der Waals surface area (Å²) in [6, 6.07) is 10.3. The molecule has 0 bridgehead atoms. The van der Waals surface area contributed by atoms with Crippen molar-refractivity contribution in [2.75, 3.05) is 23.7 Å². The Morgan fingerprint density at radius 3 is 2.77 bits per heavy atom. The van der Waals surface area contributed by atoms with Crippen molar-refractivity contribution < 1.29 is 22.4 Å². The Balaban J connectivity index is 1.50. The van der Waals surface area contributed by atoms with Crippen molar-refractivity contribution in [3.8, 4) is 0 Å². The number of halogens is 1. The summed E-state index contributed by atoms with van der Waals surface area (Å²) in [5.41, 5.74) is 1.79. The molecule has 2 N–H and O–H groups in total. The lowest BCUT2D eigenvalue weighted by Crippen LogP contribution is -2.43. The largest absolute Gasteiger partial charge is 0.326 e. The predicted molar refractivity (Wildman–Crippen MR) is 115 cm³/mol. The van der Waals surface area contributed by atoms with Gasteiger partial charge in [0.25, 0.3) is 0 Å². The van der Waals surface area contributed by atoms with Gasteiger partial charge in [-0.05, 0) is 67.6 Å². The van der Waals surface area contributed by atoms with Gasteiger partial charge in [0.2, 0.25) is 21.8 Å². The fourth-order valence-corrected chi connectivity index (χ4v) is 5.62. The molecule has 0 aliphatic carbocycles. The molecule has 2 aromatic carbocycles. The van der Waals surface area contributed by atoms with E-state index in [0.29, 0.717) is 50.0 Å². The van der Waals surface area contributed by atoms with E-state index in [0.717, 1.165) is 5.56 Å². The number of carbonyl (C=O) groups is 2. The SMILES string of the molecule is O=C1CCCc2cc(S(=O)(=O)N3CCCC(C(=O)Nc4cccc(F)c4)C3)ccc2N1. The van der Waals surface area contributed by atoms with E-state index in [9.17, 15) is 22.4 Å². The number of carbonyl (C=O) groups excluding carboxylic acids is 2. The van der Waals surface area contributed by atoms with Crippen molar-refractivity contribution >= 4 is 33.2 Å². The van der Waals surface area contributed by atoms with Crippen LogP contribution in [0.25, 0.3) is 0 Å². The van der Waals surface area contributed by atoms with Gasteiger partial charge >= 0.3 is 0 Å². The highest BCUT2D eigenvalue weighted by Gasteiger charge is 2.33. The fraction of sp³-hybridized carbons (Fsp3) is 0.364. The Hall–Kier alpha value is -2.78. The van der Waals surface area contributed by atoms with E-state index >= 15 is 0 Å². The Morgan fingerprint density at radius 1 is 1.13 bits per heavy atom. The van der Waals surface area contributed by atoms with Crippen LogP contribution in [0, 0.1) is 11.7 Å². The lowest BCUT2D eigenvalue weighted by atomic mass is 9.99. The summed E-state index contributed by atoms with van der Waals surface area (Å²) < 4.78 is 41.2. The highest BCUT2D eigenvalue weighted by molar-refractivity contribution is 7.89. The van der Waals surface area contributed by atoms with E-state index in [2.05, 4.69) is 10.6 Å². The van der Waals surface area contributed by atoms with E-state index < -0.39 is 21.8 Å². The average Bonchev–Trinajstić information content (AvgIpc) is 2.93. The lowest BCUT2D eigenvalue weighted by molar-refractivity contribution is -0.121. The van der Waals surface area contributed by atoms with Crippen molar-refractivity contribution in [1.82, 2.24) is 4.31 Å². The molecule has 1 saturated heterocycles. The van der Waals surface area contributed by atoms with Crippen LogP contribution in [0.1, 0.15) is 31.2 Å². The fourth-order valence-electron chi connectivity index (χ4n) is 4.05. The number of hydrogen-bond donors (Lipinski definition) is 2. The van der Waals surface area contributed by atoms with Crippen LogP contribution in [0.3, 0.4) is 0 Å². The first-order chi connectivity index (χ1) is 14.8. The molecule has 0 saturated carbocycles. The molecule has 9 heteroatoms. The normalized spacial score (nSPS) is 19.8. The molecule has 164 valence electrons. The van der Waals surface area contributed by atoms with Gasteiger partial charge in [-0.3, -0.25) is 9.59 Å². The quantitative estimate of drug-likeness (QED) is 0.756. The van der Waals surface area contributed by atoms with Gasteiger partial charge in [-0.25, -0.2) is 12.8 Å². The predicted octanol–water partition coefficient (Wildman–Crippen LogP) is 3.14. The second-order valence-electron chi connectivity index (χ2n) is 7.92. The van der Waals surface area contributed by atoms with Crippen LogP contribution in [0.4, 0.5) is 15.8 Å². The van der Waals surface area contributed by atoms with Gasteiger partial charge in [0, 0.05) is 30.9 Å². The molecule has 2 heterocycles. The first-order valence-corrected chi connectivity index (χ1v) is 11.8. The van der Waals surface area contributed by atoms with Crippen molar-refractivity contribution in [1.29, 1.82) is 0 Å². The van der Waals surface area contributed by atoms with Crippen LogP contribution in [-0.2, 0) is 26.0 Å². The monoisotopic (exact) mass is 445 g/mol. The molecule has 2 amide bonds. The van der Waals surface area contributed by atoms with E-state index in [-0.39, 0.29) is 23.3 Å². The van der Waals surface area contributed by atoms with E-state index in [4.69, 9.17) is 0 Å². The van der Waals surface area contributed by atoms with E-state index in [1.807, 2.05) is 0 Å². The first kappa shape index (κ1) is 21.5. The van der Waals surface area contributed by atoms with Crippen molar-refractivity contribution in [3.05, 3.63) is 53.8 Å². The maximum Gasteiger partial charge on any atom is 0.243 e. The molecule has 2 aromatic rings. The topological polar surface area (TPSA) is 95.6 Å². The zero-order valence-electron chi connectivity index (χ0n) is 16.9. The molecular formula is C22H24FN3O4S. The standard InChI is InChI=1S/C22H24FN3O4S/c23-17-6-2-7-18(13-17)24-22(28)16-5-3-11-26(14-16)31(29,30)19-9-10-20-15(12-19)4-1-8-21(27)25-20/h2,6-7,9-10,12-13,16H,1,3-5,8,11,14H2,(H,24,28)(H,25,27).